The molecule has 7 heteroatoms. The predicted molar refractivity (Wildman–Crippen MR) is 98.3 cm³/mol. The summed E-state index contributed by atoms with van der Waals surface area (Å²) >= 11 is 11.9. The van der Waals surface area contributed by atoms with Gasteiger partial charge < -0.3 is 10.6 Å². The number of nitrogens with one attached hydrogen (secondary N) is 2. The van der Waals surface area contributed by atoms with Crippen molar-refractivity contribution in [3.63, 3.8) is 0 Å². The minimum Gasteiger partial charge on any atom is -0.353 e. The van der Waals surface area contributed by atoms with Crippen molar-refractivity contribution in [2.75, 3.05) is 10.6 Å². The Balaban J connectivity index is 1.79. The number of halogens is 3. The molecule has 0 atom stereocenters. The van der Waals surface area contributed by atoms with Crippen LogP contribution in [0.3, 0.4) is 0 Å². The lowest BCUT2D eigenvalue weighted by atomic mass is 10.2. The van der Waals surface area contributed by atoms with Gasteiger partial charge in [0.05, 0.1) is 16.4 Å². The van der Waals surface area contributed by atoms with E-state index in [0.29, 0.717) is 27.1 Å². The Hall–Kier alpha value is -2.63. The first kappa shape index (κ1) is 17.2. The maximum atomic E-state index is 13.7. The quantitative estimate of drug-likeness (QED) is 0.630. The Morgan fingerprint density at radius 3 is 2.56 bits per heavy atom. The zero-order valence-corrected chi connectivity index (χ0v) is 14.3. The van der Waals surface area contributed by atoms with Crippen molar-refractivity contribution in [3.05, 3.63) is 82.4 Å². The molecule has 0 fully saturated rings. The highest BCUT2D eigenvalue weighted by atomic mass is 35.5. The Kier molecular flexibility index (Phi) is 5.16. The Morgan fingerprint density at radius 1 is 1.00 bits per heavy atom. The van der Waals surface area contributed by atoms with Crippen LogP contribution in [0.15, 0.2) is 60.8 Å². The maximum Gasteiger partial charge on any atom is 0.274 e. The van der Waals surface area contributed by atoms with Crippen LogP contribution < -0.4 is 10.6 Å². The van der Waals surface area contributed by atoms with Gasteiger partial charge in [-0.25, -0.2) is 4.39 Å². The second-order valence-electron chi connectivity index (χ2n) is 5.11. The summed E-state index contributed by atoms with van der Waals surface area (Å²) in [6.07, 6.45) is 1.46. The fourth-order valence-corrected chi connectivity index (χ4v) is 2.58. The third-order valence-electron chi connectivity index (χ3n) is 3.32. The topological polar surface area (TPSA) is 54.0 Å². The van der Waals surface area contributed by atoms with Gasteiger partial charge in [-0.3, -0.25) is 9.78 Å². The van der Waals surface area contributed by atoms with Crippen molar-refractivity contribution >= 4 is 46.2 Å². The van der Waals surface area contributed by atoms with E-state index in [-0.39, 0.29) is 5.69 Å². The summed E-state index contributed by atoms with van der Waals surface area (Å²) in [7, 11) is 0. The number of hydrogen-bond acceptors (Lipinski definition) is 3. The van der Waals surface area contributed by atoms with Gasteiger partial charge in [-0.05, 0) is 42.5 Å². The van der Waals surface area contributed by atoms with Crippen LogP contribution in [0.2, 0.25) is 10.0 Å². The van der Waals surface area contributed by atoms with Crippen LogP contribution in [0, 0.1) is 5.82 Å². The summed E-state index contributed by atoms with van der Waals surface area (Å²) in [6, 6.07) is 14.2. The number of hydrogen-bond donors (Lipinski definition) is 2. The van der Waals surface area contributed by atoms with E-state index < -0.39 is 11.7 Å². The molecular weight excluding hydrogens is 364 g/mol. The third-order valence-corrected chi connectivity index (χ3v) is 3.87. The lowest BCUT2D eigenvalue weighted by Gasteiger charge is -2.10. The first-order valence-electron chi connectivity index (χ1n) is 7.27. The van der Waals surface area contributed by atoms with Gasteiger partial charge in [0.15, 0.2) is 0 Å². The number of aromatic nitrogens is 1. The molecule has 1 heterocycles. The van der Waals surface area contributed by atoms with Crippen molar-refractivity contribution in [1.29, 1.82) is 0 Å². The molecule has 0 aliphatic heterocycles. The average Bonchev–Trinajstić information content (AvgIpc) is 2.60. The van der Waals surface area contributed by atoms with Gasteiger partial charge in [0.1, 0.15) is 11.5 Å². The van der Waals surface area contributed by atoms with Crippen LogP contribution in [0.1, 0.15) is 10.5 Å². The first-order valence-corrected chi connectivity index (χ1v) is 8.02. The van der Waals surface area contributed by atoms with Crippen LogP contribution in [0.4, 0.5) is 21.5 Å². The number of nitrogens with zero attached hydrogens (tertiary/aromatic N) is 1. The van der Waals surface area contributed by atoms with E-state index in [1.165, 1.54) is 24.4 Å². The summed E-state index contributed by atoms with van der Waals surface area (Å²) in [5.74, 6) is -0.834. The van der Waals surface area contributed by atoms with Gasteiger partial charge in [0.2, 0.25) is 0 Å². The number of amides is 1. The van der Waals surface area contributed by atoms with E-state index in [2.05, 4.69) is 15.6 Å². The largest absolute Gasteiger partial charge is 0.353 e. The Labute approximate surface area is 153 Å². The molecular formula is C18H12Cl2FN3O. The molecule has 0 saturated carbocycles. The molecule has 3 rings (SSSR count). The Bertz CT molecular complexity index is 934. The van der Waals surface area contributed by atoms with Crippen LogP contribution in [0.5, 0.6) is 0 Å². The van der Waals surface area contributed by atoms with Crippen molar-refractivity contribution < 1.29 is 9.18 Å². The van der Waals surface area contributed by atoms with Crippen LogP contribution in [-0.2, 0) is 0 Å². The summed E-state index contributed by atoms with van der Waals surface area (Å²) in [6.45, 7) is 0. The fraction of sp³-hybridized carbons (Fsp3) is 0. The van der Waals surface area contributed by atoms with E-state index in [4.69, 9.17) is 23.2 Å². The zero-order valence-electron chi connectivity index (χ0n) is 12.8. The van der Waals surface area contributed by atoms with Crippen LogP contribution in [0.25, 0.3) is 0 Å². The number of carbonyl (C=O) groups is 1. The van der Waals surface area contributed by atoms with E-state index >= 15 is 0 Å². The van der Waals surface area contributed by atoms with E-state index in [9.17, 15) is 9.18 Å². The summed E-state index contributed by atoms with van der Waals surface area (Å²) in [5, 5.41) is 6.36. The molecule has 3 aromatic rings. The van der Waals surface area contributed by atoms with Crippen molar-refractivity contribution in [2.45, 2.75) is 0 Å². The Morgan fingerprint density at radius 2 is 1.80 bits per heavy atom. The molecule has 0 aliphatic rings. The van der Waals surface area contributed by atoms with Gasteiger partial charge >= 0.3 is 0 Å². The zero-order chi connectivity index (χ0) is 17.8. The molecule has 0 unspecified atom stereocenters. The summed E-state index contributed by atoms with van der Waals surface area (Å²) < 4.78 is 13.7. The minimum atomic E-state index is -0.443. The number of benzene rings is 2. The normalized spacial score (nSPS) is 10.4. The van der Waals surface area contributed by atoms with Crippen molar-refractivity contribution in [1.82, 2.24) is 4.98 Å². The SMILES string of the molecule is O=C(Nc1ccc(Cl)cc1Cl)c1cc(Nc2ccccc2F)ccn1. The monoisotopic (exact) mass is 375 g/mol. The molecule has 1 aromatic heterocycles. The molecule has 0 spiro atoms. The van der Waals surface area contributed by atoms with Gasteiger partial charge in [-0.15, -0.1) is 0 Å². The minimum absolute atomic E-state index is 0.160. The number of pyridine rings is 1. The van der Waals surface area contributed by atoms with E-state index in [0.717, 1.165) is 0 Å². The van der Waals surface area contributed by atoms with E-state index in [1.807, 2.05) is 0 Å². The number of carbonyl (C=O) groups excluding carboxylic acids is 1. The maximum absolute atomic E-state index is 13.7. The molecule has 0 bridgehead atoms. The van der Waals surface area contributed by atoms with E-state index in [1.54, 1.807) is 36.4 Å². The van der Waals surface area contributed by atoms with Gasteiger partial charge in [-0.1, -0.05) is 35.3 Å². The highest BCUT2D eigenvalue weighted by molar-refractivity contribution is 6.36. The molecule has 2 N–H and O–H groups in total. The molecule has 0 radical (unpaired) electrons. The fourth-order valence-electron chi connectivity index (χ4n) is 2.13. The number of rotatable bonds is 4. The average molecular weight is 376 g/mol. The van der Waals surface area contributed by atoms with Crippen LogP contribution >= 0.6 is 23.2 Å². The molecule has 4 nitrogen and oxygen atoms in total. The third kappa shape index (κ3) is 4.26. The van der Waals surface area contributed by atoms with Gasteiger partial charge in [0, 0.05) is 16.9 Å². The molecule has 25 heavy (non-hydrogen) atoms. The van der Waals surface area contributed by atoms with Crippen molar-refractivity contribution in [2.24, 2.45) is 0 Å². The predicted octanol–water partition coefficient (Wildman–Crippen LogP) is 5.52. The second-order valence-corrected chi connectivity index (χ2v) is 5.96. The number of anilines is 3. The molecule has 0 aliphatic carbocycles. The van der Waals surface area contributed by atoms with Gasteiger partial charge in [0.25, 0.3) is 5.91 Å². The first-order chi connectivity index (χ1) is 12.0. The smallest absolute Gasteiger partial charge is 0.274 e. The summed E-state index contributed by atoms with van der Waals surface area (Å²) in [5.41, 5.74) is 1.42. The van der Waals surface area contributed by atoms with Crippen LogP contribution in [-0.4, -0.2) is 10.9 Å². The highest BCUT2D eigenvalue weighted by Crippen LogP contribution is 2.26. The standard InChI is InChI=1S/C18H12Cl2FN3O/c19-11-5-6-15(13(20)9-11)24-18(25)17-10-12(7-8-22-17)23-16-4-2-1-3-14(16)21/h1-10H,(H,22,23)(H,24,25). The van der Waals surface area contributed by atoms with Crippen molar-refractivity contribution in [3.8, 4) is 0 Å². The lowest BCUT2D eigenvalue weighted by molar-refractivity contribution is 0.102. The molecule has 1 amide bonds. The lowest BCUT2D eigenvalue weighted by Crippen LogP contribution is -2.14. The number of para-hydroxylation sites is 1. The molecule has 0 saturated heterocycles. The highest BCUT2D eigenvalue weighted by Gasteiger charge is 2.11. The van der Waals surface area contributed by atoms with Gasteiger partial charge in [-0.2, -0.15) is 0 Å². The molecule has 2 aromatic carbocycles. The summed E-state index contributed by atoms with van der Waals surface area (Å²) in [4.78, 5) is 16.4. The second kappa shape index (κ2) is 7.51. The molecule has 126 valence electrons.